The summed E-state index contributed by atoms with van der Waals surface area (Å²) < 4.78 is 30.6. The fourth-order valence-corrected chi connectivity index (χ4v) is 12.5. The minimum atomic E-state index is -1.69. The van der Waals surface area contributed by atoms with Gasteiger partial charge in [-0.05, 0) is 47.5 Å². The second-order valence-electron chi connectivity index (χ2n) is 20.8. The maximum absolute atomic E-state index is 13.7. The molecule has 0 aliphatic carbocycles. The molecule has 0 radical (unpaired) electrons. The Morgan fingerprint density at radius 1 is 0.551 bits per heavy atom. The first-order valence-corrected chi connectivity index (χ1v) is 29.7. The zero-order valence-electron chi connectivity index (χ0n) is 51.2. The largest absolute Gasteiger partial charge is 1.00 e. The van der Waals surface area contributed by atoms with Crippen LogP contribution < -0.4 is 111 Å². The predicted octanol–water partition coefficient (Wildman–Crippen LogP) is -7.78. The summed E-state index contributed by atoms with van der Waals surface area (Å²) in [5, 5.41) is 88.2. The first-order chi connectivity index (χ1) is 45.5. The molecular formula is C60H48N6Na2O28S2. The van der Waals surface area contributed by atoms with E-state index in [9.17, 15) is 97.8 Å². The number of fused-ring (bicyclic) bond motifs is 4. The number of hydrogen-bond donors (Lipinski definition) is 10. The molecule has 0 saturated carbocycles. The van der Waals surface area contributed by atoms with Crippen LogP contribution in [0, 0.1) is 0 Å². The first-order valence-electron chi connectivity index (χ1n) is 27.6. The molecule has 6 amide bonds. The number of nitrogens with zero attached hydrogens (tertiary/aromatic N) is 2. The van der Waals surface area contributed by atoms with Crippen molar-refractivity contribution in [3.63, 3.8) is 0 Å². The van der Waals surface area contributed by atoms with Crippen LogP contribution in [0.25, 0.3) is 21.9 Å². The van der Waals surface area contributed by atoms with Crippen molar-refractivity contribution in [3.05, 3.63) is 151 Å². The van der Waals surface area contributed by atoms with Gasteiger partial charge >= 0.3 is 83.0 Å². The van der Waals surface area contributed by atoms with Gasteiger partial charge in [0.15, 0.2) is 36.2 Å². The smallest absolute Gasteiger partial charge is 0.543 e. The number of thioether (sulfide) groups is 2. The number of carbonyl (C=O) groups excluding carboxylic acids is 10. The van der Waals surface area contributed by atoms with Crippen molar-refractivity contribution in [2.45, 2.75) is 48.8 Å². The van der Waals surface area contributed by atoms with E-state index in [1.54, 1.807) is 0 Å². The molecule has 38 heteroatoms. The number of carbonyl (C=O) groups is 12. The molecular weight excluding hydrogens is 1360 g/mol. The molecule has 10 N–H and O–H groups in total. The molecule has 2 aromatic heterocycles. The summed E-state index contributed by atoms with van der Waals surface area (Å²) in [5.74, 6) is -15.1. The molecule has 2 unspecified atom stereocenters. The Bertz CT molecular complexity index is 4200. The summed E-state index contributed by atoms with van der Waals surface area (Å²) in [4.78, 5) is 177. The molecule has 10 rings (SSSR count). The molecule has 6 aromatic rings. The van der Waals surface area contributed by atoms with Crippen LogP contribution in [0.2, 0.25) is 0 Å². The molecule has 2 saturated heterocycles. The molecule has 4 aromatic carbocycles. The number of phenols is 4. The molecule has 4 aliphatic rings. The molecule has 4 aliphatic heterocycles. The summed E-state index contributed by atoms with van der Waals surface area (Å²) >= 11 is 2.17. The van der Waals surface area contributed by atoms with Crippen LogP contribution >= 0.6 is 23.5 Å². The number of carboxylic acids is 4. The van der Waals surface area contributed by atoms with E-state index < -0.39 is 176 Å². The van der Waals surface area contributed by atoms with E-state index in [2.05, 4.69) is 21.3 Å². The topological polar surface area (TPSA) is 524 Å². The molecule has 2 fully saturated rings. The van der Waals surface area contributed by atoms with Gasteiger partial charge in [0.1, 0.15) is 94.4 Å². The summed E-state index contributed by atoms with van der Waals surface area (Å²) in [7, 11) is 0. The Balaban J connectivity index is 0.000000270. The number of aromatic hydroxyl groups is 4. The number of phenolic OH excluding ortho intramolecular Hbond substituents is 4. The van der Waals surface area contributed by atoms with Crippen molar-refractivity contribution < 1.29 is 185 Å². The van der Waals surface area contributed by atoms with Crippen molar-refractivity contribution in [3.8, 4) is 34.5 Å². The van der Waals surface area contributed by atoms with Crippen LogP contribution in [0.3, 0.4) is 0 Å². The van der Waals surface area contributed by atoms with Gasteiger partial charge in [-0.2, -0.15) is 0 Å². The van der Waals surface area contributed by atoms with Crippen molar-refractivity contribution >= 4 is 117 Å². The zero-order valence-corrected chi connectivity index (χ0v) is 56.8. The fourth-order valence-electron chi connectivity index (χ4n) is 9.86. The van der Waals surface area contributed by atoms with E-state index in [1.807, 2.05) is 0 Å². The number of β-lactam (4-membered cyclic amide) rings is 2. The number of esters is 2. The maximum atomic E-state index is 13.7. The quantitative estimate of drug-likeness (QED) is 0.0131. The Labute approximate surface area is 600 Å². The number of rotatable bonds is 22. The number of carboxylic acid groups (broad SMARTS) is 4. The van der Waals surface area contributed by atoms with Gasteiger partial charge < -0.3 is 99.5 Å². The predicted molar refractivity (Wildman–Crippen MR) is 319 cm³/mol. The van der Waals surface area contributed by atoms with E-state index in [1.165, 1.54) is 48.5 Å². The summed E-state index contributed by atoms with van der Waals surface area (Å²) in [6, 6.07) is 8.64. The summed E-state index contributed by atoms with van der Waals surface area (Å²) in [6.45, 7) is 0.178. The Morgan fingerprint density at radius 2 is 0.888 bits per heavy atom. The van der Waals surface area contributed by atoms with Gasteiger partial charge in [-0.15, -0.1) is 23.5 Å². The molecule has 0 bridgehead atoms. The van der Waals surface area contributed by atoms with Crippen molar-refractivity contribution in [1.82, 2.24) is 31.1 Å². The SMILES string of the molecule is CC(=O)OCC1=C(C(=O)[O-])N2C(=O)[C@@H](NC(=O)C(NC(=O)c3coc4cc(O)c(O)cc4c3=O)c3ccc(OCC(=O)O)cc3)[C@H]2SC1.CC(=O)OCC1=C(C(=O)[O-])N2C(=O)[C@@H](NC(=O)C(NC(=O)c3coc4cc(O)c(O)cc4c3=O)c3ccc(OCC(=O)O)cc3)[C@H]2SC1.[Na+].[Na+]. The molecule has 500 valence electrons. The third-order valence-corrected chi connectivity index (χ3v) is 17.1. The number of hydrogen-bond acceptors (Lipinski definition) is 28. The number of nitrogens with one attached hydrogen (secondary N) is 4. The molecule has 6 heterocycles. The average molecular weight is 1410 g/mol. The van der Waals surface area contributed by atoms with Crippen LogP contribution in [0.4, 0.5) is 0 Å². The van der Waals surface area contributed by atoms with Gasteiger partial charge in [-0.3, -0.25) is 57.7 Å². The van der Waals surface area contributed by atoms with Gasteiger partial charge in [0, 0.05) is 48.6 Å². The fraction of sp³-hybridized carbons (Fsp3) is 0.233. The number of aliphatic carboxylic acids is 4. The maximum Gasteiger partial charge on any atom is 1.00 e. The van der Waals surface area contributed by atoms with E-state index >= 15 is 0 Å². The zero-order chi connectivity index (χ0) is 69.7. The van der Waals surface area contributed by atoms with E-state index in [-0.39, 0.29) is 140 Å². The Morgan fingerprint density at radius 3 is 1.20 bits per heavy atom. The number of amides is 6. The average Bonchev–Trinajstić information content (AvgIpc) is 0.738. The monoisotopic (exact) mass is 1410 g/mol. The minimum absolute atomic E-state index is 0. The van der Waals surface area contributed by atoms with Gasteiger partial charge in [-0.25, -0.2) is 9.59 Å². The summed E-state index contributed by atoms with van der Waals surface area (Å²) in [5.41, 5.74) is -3.77. The van der Waals surface area contributed by atoms with Crippen molar-refractivity contribution in [2.75, 3.05) is 37.9 Å². The molecule has 6 atom stereocenters. The van der Waals surface area contributed by atoms with Gasteiger partial charge in [0.05, 0.1) is 34.1 Å². The van der Waals surface area contributed by atoms with Crippen LogP contribution in [-0.2, 0) is 57.4 Å². The van der Waals surface area contributed by atoms with Gasteiger partial charge in [-0.1, -0.05) is 24.3 Å². The van der Waals surface area contributed by atoms with Crippen molar-refractivity contribution in [2.24, 2.45) is 0 Å². The number of benzene rings is 4. The number of ether oxygens (including phenoxy) is 4. The standard InChI is InChI=1S/2C30H25N3O14S.2Na/c2*1-12(34)45-8-14-11-48-29-23(28(42)33(29)24(14)30(43)44)32-27(41)22(13-2-4-15(5-3-13)46-10-21(37)38)31-26(40)17-9-47-20-7-19(36)18(35)6-16(20)25(17)39;;/h2*2-7,9,22-23,29,35-36H,8,10-11H2,1H3,(H,31,40)(H,32,41)(H,37,38)(H,43,44);;/q;;2*+1/p-2/t2*22?,23-,29-;;/m11../s1. The third kappa shape index (κ3) is 16.5. The van der Waals surface area contributed by atoms with E-state index in [4.69, 9.17) is 38.0 Å². The van der Waals surface area contributed by atoms with E-state index in [0.717, 1.165) is 84.0 Å². The second-order valence-corrected chi connectivity index (χ2v) is 23.0. The minimum Gasteiger partial charge on any atom is -0.543 e. The third-order valence-electron chi connectivity index (χ3n) is 14.4. The summed E-state index contributed by atoms with van der Waals surface area (Å²) in [6.07, 6.45) is 1.59. The second kappa shape index (κ2) is 31.9. The van der Waals surface area contributed by atoms with Crippen LogP contribution in [-0.4, -0.2) is 172 Å². The van der Waals surface area contributed by atoms with Gasteiger partial charge in [0.2, 0.25) is 22.7 Å². The molecule has 34 nitrogen and oxygen atoms in total. The molecule has 98 heavy (non-hydrogen) atoms. The Hall–Kier alpha value is -10.1. The normalized spacial score (nSPS) is 17.2. The van der Waals surface area contributed by atoms with Gasteiger partial charge in [0.25, 0.3) is 23.6 Å². The first kappa shape index (κ1) is 75.3. The van der Waals surface area contributed by atoms with Crippen LogP contribution in [0.5, 0.6) is 34.5 Å². The van der Waals surface area contributed by atoms with E-state index in [0.29, 0.717) is 0 Å². The van der Waals surface area contributed by atoms with Crippen LogP contribution in [0.15, 0.2) is 126 Å². The molecule has 0 spiro atoms. The van der Waals surface area contributed by atoms with Crippen molar-refractivity contribution in [1.29, 1.82) is 0 Å². The Kier molecular flexibility index (Phi) is 24.5. The van der Waals surface area contributed by atoms with Crippen LogP contribution in [0.1, 0.15) is 57.8 Å².